The van der Waals surface area contributed by atoms with Crippen molar-refractivity contribution < 1.29 is 9.63 Å². The molecule has 0 aromatic heterocycles. The van der Waals surface area contributed by atoms with Gasteiger partial charge in [-0.2, -0.15) is 0 Å². The lowest BCUT2D eigenvalue weighted by Gasteiger charge is -2.04. The number of hydrogen-bond donors (Lipinski definition) is 1. The van der Waals surface area contributed by atoms with Crippen molar-refractivity contribution in [1.82, 2.24) is 0 Å². The van der Waals surface area contributed by atoms with Crippen molar-refractivity contribution in [3.8, 4) is 5.75 Å². The minimum atomic E-state index is -0.0454. The standard InChI is InChI=1S/C8H11O2P/c1-10-8-5-3-2-4-7(8)6-11-9/h2-5,9,11H,6H2,1H3. The molecule has 0 spiro atoms. The second-order valence-corrected chi connectivity index (χ2v) is 2.82. The Labute approximate surface area is 68.1 Å². The van der Waals surface area contributed by atoms with E-state index in [4.69, 9.17) is 9.63 Å². The molecule has 0 radical (unpaired) electrons. The van der Waals surface area contributed by atoms with Gasteiger partial charge in [-0.3, -0.25) is 0 Å². The first-order chi connectivity index (χ1) is 5.38. The zero-order valence-corrected chi connectivity index (χ0v) is 7.37. The second-order valence-electron chi connectivity index (χ2n) is 2.15. The van der Waals surface area contributed by atoms with Crippen LogP contribution in [-0.2, 0) is 6.16 Å². The molecular formula is C8H11O2P. The molecule has 1 N–H and O–H groups in total. The van der Waals surface area contributed by atoms with Gasteiger partial charge in [0.15, 0.2) is 0 Å². The fourth-order valence-electron chi connectivity index (χ4n) is 0.934. The van der Waals surface area contributed by atoms with Crippen LogP contribution in [0.5, 0.6) is 5.75 Å². The van der Waals surface area contributed by atoms with E-state index in [1.54, 1.807) is 7.11 Å². The SMILES string of the molecule is COc1ccccc1CPO. The van der Waals surface area contributed by atoms with Crippen LogP contribution in [0.3, 0.4) is 0 Å². The molecule has 3 heteroatoms. The zero-order chi connectivity index (χ0) is 8.10. The van der Waals surface area contributed by atoms with Crippen LogP contribution in [0.2, 0.25) is 0 Å². The lowest BCUT2D eigenvalue weighted by atomic mass is 10.2. The molecule has 0 saturated carbocycles. The molecule has 11 heavy (non-hydrogen) atoms. The smallest absolute Gasteiger partial charge is 0.122 e. The summed E-state index contributed by atoms with van der Waals surface area (Å²) in [5.41, 5.74) is 1.07. The minimum Gasteiger partial charge on any atom is -0.496 e. The first-order valence-electron chi connectivity index (χ1n) is 3.37. The lowest BCUT2D eigenvalue weighted by Crippen LogP contribution is -1.88. The maximum absolute atomic E-state index is 8.71. The predicted octanol–water partition coefficient (Wildman–Crippen LogP) is 1.78. The molecule has 1 unspecified atom stereocenters. The monoisotopic (exact) mass is 170 g/mol. The van der Waals surface area contributed by atoms with Gasteiger partial charge in [-0.25, -0.2) is 0 Å². The maximum atomic E-state index is 8.71. The molecule has 60 valence electrons. The van der Waals surface area contributed by atoms with E-state index < -0.39 is 0 Å². The van der Waals surface area contributed by atoms with E-state index in [0.717, 1.165) is 11.3 Å². The van der Waals surface area contributed by atoms with E-state index in [9.17, 15) is 0 Å². The molecule has 0 aliphatic carbocycles. The quantitative estimate of drug-likeness (QED) is 0.700. The molecule has 0 bridgehead atoms. The van der Waals surface area contributed by atoms with Crippen molar-refractivity contribution in [2.24, 2.45) is 0 Å². The number of benzene rings is 1. The van der Waals surface area contributed by atoms with Crippen LogP contribution in [0.1, 0.15) is 5.56 Å². The fourth-order valence-corrected chi connectivity index (χ4v) is 1.40. The summed E-state index contributed by atoms with van der Waals surface area (Å²) in [7, 11) is 1.59. The van der Waals surface area contributed by atoms with Gasteiger partial charge in [0.2, 0.25) is 0 Å². The number of methoxy groups -OCH3 is 1. The van der Waals surface area contributed by atoms with Crippen molar-refractivity contribution in [3.05, 3.63) is 29.8 Å². The third-order valence-corrected chi connectivity index (χ3v) is 2.00. The van der Waals surface area contributed by atoms with Crippen LogP contribution in [0.15, 0.2) is 24.3 Å². The van der Waals surface area contributed by atoms with Crippen LogP contribution in [-0.4, -0.2) is 12.0 Å². The van der Waals surface area contributed by atoms with Gasteiger partial charge in [-0.1, -0.05) is 18.2 Å². The molecule has 1 rings (SSSR count). The normalized spacial score (nSPS) is 10.7. The summed E-state index contributed by atoms with van der Waals surface area (Å²) in [6, 6.07) is 7.72. The summed E-state index contributed by atoms with van der Waals surface area (Å²) in [6.07, 6.45) is 0.685. The Bertz CT molecular complexity index is 225. The van der Waals surface area contributed by atoms with Gasteiger partial charge in [0.25, 0.3) is 0 Å². The summed E-state index contributed by atoms with van der Waals surface area (Å²) in [5.74, 6) is 0.856. The average Bonchev–Trinajstić information content (AvgIpc) is 2.06. The van der Waals surface area contributed by atoms with E-state index in [0.29, 0.717) is 6.16 Å². The van der Waals surface area contributed by atoms with Gasteiger partial charge in [-0.15, -0.1) is 0 Å². The first-order valence-corrected chi connectivity index (χ1v) is 4.52. The third-order valence-electron chi connectivity index (χ3n) is 1.46. The Balaban J connectivity index is 2.83. The van der Waals surface area contributed by atoms with Crippen molar-refractivity contribution in [1.29, 1.82) is 0 Å². The first kappa shape index (κ1) is 8.51. The summed E-state index contributed by atoms with van der Waals surface area (Å²) < 4.78 is 5.09. The van der Waals surface area contributed by atoms with Crippen LogP contribution in [0.25, 0.3) is 0 Å². The van der Waals surface area contributed by atoms with Gasteiger partial charge in [0.1, 0.15) is 5.75 Å². The number of hydrogen-bond acceptors (Lipinski definition) is 2. The highest BCUT2D eigenvalue weighted by atomic mass is 31.1. The Hall–Kier alpha value is -0.590. The van der Waals surface area contributed by atoms with Gasteiger partial charge in [0.05, 0.1) is 7.11 Å². The number of para-hydroxylation sites is 1. The molecule has 0 saturated heterocycles. The molecule has 1 aromatic rings. The maximum Gasteiger partial charge on any atom is 0.122 e. The molecule has 2 nitrogen and oxygen atoms in total. The van der Waals surface area contributed by atoms with Crippen LogP contribution in [0, 0.1) is 0 Å². The molecule has 1 atom stereocenters. The Kier molecular flexibility index (Phi) is 3.34. The summed E-state index contributed by atoms with van der Waals surface area (Å²) in [4.78, 5) is 8.71. The van der Waals surface area contributed by atoms with Crippen molar-refractivity contribution in [3.63, 3.8) is 0 Å². The zero-order valence-electron chi connectivity index (χ0n) is 6.37. The van der Waals surface area contributed by atoms with Crippen molar-refractivity contribution in [2.45, 2.75) is 6.16 Å². The molecule has 0 amide bonds. The molecule has 0 aliphatic rings. The van der Waals surface area contributed by atoms with Crippen LogP contribution in [0.4, 0.5) is 0 Å². The summed E-state index contributed by atoms with van der Waals surface area (Å²) >= 11 is 0. The minimum absolute atomic E-state index is 0.0454. The predicted molar refractivity (Wildman–Crippen MR) is 47.2 cm³/mol. The fraction of sp³-hybridized carbons (Fsp3) is 0.250. The van der Waals surface area contributed by atoms with E-state index in [-0.39, 0.29) is 8.81 Å². The molecule has 1 aromatic carbocycles. The van der Waals surface area contributed by atoms with E-state index in [1.165, 1.54) is 0 Å². The van der Waals surface area contributed by atoms with Gasteiger partial charge in [-0.05, 0) is 6.07 Å². The van der Waals surface area contributed by atoms with Gasteiger partial charge < -0.3 is 9.63 Å². The topological polar surface area (TPSA) is 29.5 Å². The van der Waals surface area contributed by atoms with E-state index in [2.05, 4.69) is 0 Å². The summed E-state index contributed by atoms with van der Waals surface area (Å²) in [6.45, 7) is 0. The average molecular weight is 170 g/mol. The molecule has 0 aliphatic heterocycles. The van der Waals surface area contributed by atoms with Gasteiger partial charge >= 0.3 is 0 Å². The molecule has 0 fully saturated rings. The Morgan fingerprint density at radius 1 is 1.45 bits per heavy atom. The number of rotatable bonds is 3. The lowest BCUT2D eigenvalue weighted by molar-refractivity contribution is 0.411. The summed E-state index contributed by atoms with van der Waals surface area (Å²) in [5, 5.41) is 0. The molecule has 0 heterocycles. The third kappa shape index (κ3) is 2.18. The Morgan fingerprint density at radius 2 is 2.18 bits per heavy atom. The largest absolute Gasteiger partial charge is 0.496 e. The highest BCUT2D eigenvalue weighted by molar-refractivity contribution is 7.30. The van der Waals surface area contributed by atoms with Crippen molar-refractivity contribution >= 4 is 8.81 Å². The second kappa shape index (κ2) is 4.32. The van der Waals surface area contributed by atoms with E-state index >= 15 is 0 Å². The van der Waals surface area contributed by atoms with Crippen molar-refractivity contribution in [2.75, 3.05) is 7.11 Å². The van der Waals surface area contributed by atoms with Crippen LogP contribution < -0.4 is 4.74 Å². The van der Waals surface area contributed by atoms with Gasteiger partial charge in [0, 0.05) is 20.5 Å². The highest BCUT2D eigenvalue weighted by Crippen LogP contribution is 2.23. The van der Waals surface area contributed by atoms with Crippen LogP contribution >= 0.6 is 8.81 Å². The highest BCUT2D eigenvalue weighted by Gasteiger charge is 1.98. The number of ether oxygens (including phenoxy) is 1. The molecular weight excluding hydrogens is 159 g/mol. The van der Waals surface area contributed by atoms with E-state index in [1.807, 2.05) is 24.3 Å². The Morgan fingerprint density at radius 3 is 2.82 bits per heavy atom.